The van der Waals surface area contributed by atoms with Crippen molar-refractivity contribution in [2.24, 2.45) is 0 Å². The predicted molar refractivity (Wildman–Crippen MR) is 80.1 cm³/mol. The van der Waals surface area contributed by atoms with Crippen LogP contribution in [0.25, 0.3) is 0 Å². The molecule has 0 atom stereocenters. The highest BCUT2D eigenvalue weighted by Gasteiger charge is 2.11. The Kier molecular flexibility index (Phi) is 5.40. The Morgan fingerprint density at radius 1 is 1.37 bits per heavy atom. The van der Waals surface area contributed by atoms with Gasteiger partial charge in [-0.15, -0.1) is 0 Å². The second kappa shape index (κ2) is 7.06. The molecular formula is C15H20BrNO2. The number of carbonyl (C=O) groups is 1. The van der Waals surface area contributed by atoms with Gasteiger partial charge in [-0.2, -0.15) is 0 Å². The van der Waals surface area contributed by atoms with E-state index in [-0.39, 0.29) is 0 Å². The largest absolute Gasteiger partial charge is 0.493 e. The van der Waals surface area contributed by atoms with E-state index in [4.69, 9.17) is 4.74 Å². The minimum Gasteiger partial charge on any atom is -0.493 e. The molecule has 0 radical (unpaired) electrons. The Bertz CT molecular complexity index is 442. The molecule has 4 heteroatoms. The minimum absolute atomic E-state index is 0.619. The van der Waals surface area contributed by atoms with Gasteiger partial charge in [-0.1, -0.05) is 15.9 Å². The van der Waals surface area contributed by atoms with Crippen LogP contribution in [0, 0.1) is 6.92 Å². The van der Waals surface area contributed by atoms with E-state index < -0.39 is 0 Å². The fourth-order valence-electron chi connectivity index (χ4n) is 2.51. The number of benzene rings is 1. The molecule has 0 aromatic heterocycles. The van der Waals surface area contributed by atoms with Crippen LogP contribution in [0.15, 0.2) is 16.6 Å². The molecule has 1 heterocycles. The first-order chi connectivity index (χ1) is 9.20. The van der Waals surface area contributed by atoms with Crippen molar-refractivity contribution in [1.29, 1.82) is 0 Å². The Morgan fingerprint density at radius 3 is 2.79 bits per heavy atom. The normalized spacial score (nSPS) is 15.7. The van der Waals surface area contributed by atoms with Crippen molar-refractivity contribution < 1.29 is 9.53 Å². The monoisotopic (exact) mass is 325 g/mol. The Balaban J connectivity index is 1.86. The maximum absolute atomic E-state index is 11.1. The first kappa shape index (κ1) is 14.5. The van der Waals surface area contributed by atoms with Gasteiger partial charge >= 0.3 is 0 Å². The van der Waals surface area contributed by atoms with E-state index >= 15 is 0 Å². The summed E-state index contributed by atoms with van der Waals surface area (Å²) in [7, 11) is 0. The predicted octanol–water partition coefficient (Wildman–Crippen LogP) is 3.43. The maximum atomic E-state index is 11.1. The Morgan fingerprint density at radius 2 is 2.11 bits per heavy atom. The van der Waals surface area contributed by atoms with Gasteiger partial charge in [0.2, 0.25) is 0 Å². The van der Waals surface area contributed by atoms with E-state index in [0.717, 1.165) is 35.0 Å². The average Bonchev–Trinajstić information content (AvgIpc) is 2.89. The first-order valence-corrected chi connectivity index (χ1v) is 7.60. The van der Waals surface area contributed by atoms with Gasteiger partial charge in [0.25, 0.3) is 0 Å². The molecule has 1 aromatic rings. The number of rotatable bonds is 6. The summed E-state index contributed by atoms with van der Waals surface area (Å²) in [5.41, 5.74) is 1.62. The van der Waals surface area contributed by atoms with Gasteiger partial charge in [0, 0.05) is 11.0 Å². The zero-order chi connectivity index (χ0) is 13.7. The van der Waals surface area contributed by atoms with Gasteiger partial charge in [0.15, 0.2) is 6.29 Å². The van der Waals surface area contributed by atoms with Crippen LogP contribution in [-0.2, 0) is 0 Å². The maximum Gasteiger partial charge on any atom is 0.153 e. The second-order valence-corrected chi connectivity index (χ2v) is 5.93. The SMILES string of the molecule is Cc1cc(Br)cc(C=O)c1OCCCN1CCCC1. The molecule has 0 unspecified atom stereocenters. The van der Waals surface area contributed by atoms with Crippen LogP contribution in [0.5, 0.6) is 5.75 Å². The van der Waals surface area contributed by atoms with E-state index in [0.29, 0.717) is 12.2 Å². The molecule has 0 spiro atoms. The van der Waals surface area contributed by atoms with E-state index in [1.54, 1.807) is 6.07 Å². The molecule has 1 aliphatic heterocycles. The highest BCUT2D eigenvalue weighted by atomic mass is 79.9. The average molecular weight is 326 g/mol. The van der Waals surface area contributed by atoms with E-state index in [1.165, 1.54) is 25.9 Å². The van der Waals surface area contributed by atoms with E-state index in [9.17, 15) is 4.79 Å². The molecule has 1 fully saturated rings. The number of likely N-dealkylation sites (tertiary alicyclic amines) is 1. The number of nitrogens with zero attached hydrogens (tertiary/aromatic N) is 1. The molecule has 0 aliphatic carbocycles. The van der Waals surface area contributed by atoms with Crippen LogP contribution >= 0.6 is 15.9 Å². The third kappa shape index (κ3) is 4.05. The zero-order valence-electron chi connectivity index (χ0n) is 11.3. The third-order valence-electron chi connectivity index (χ3n) is 3.46. The minimum atomic E-state index is 0.619. The number of hydrogen-bond donors (Lipinski definition) is 0. The van der Waals surface area contributed by atoms with Crippen LogP contribution in [0.2, 0.25) is 0 Å². The highest BCUT2D eigenvalue weighted by Crippen LogP contribution is 2.27. The lowest BCUT2D eigenvalue weighted by molar-refractivity contribution is 0.111. The lowest BCUT2D eigenvalue weighted by atomic mass is 10.1. The quantitative estimate of drug-likeness (QED) is 0.592. The van der Waals surface area contributed by atoms with Gasteiger partial charge in [-0.3, -0.25) is 4.79 Å². The van der Waals surface area contributed by atoms with Crippen molar-refractivity contribution in [3.05, 3.63) is 27.7 Å². The highest BCUT2D eigenvalue weighted by molar-refractivity contribution is 9.10. The molecule has 1 saturated heterocycles. The van der Waals surface area contributed by atoms with Crippen molar-refractivity contribution >= 4 is 22.2 Å². The fraction of sp³-hybridized carbons (Fsp3) is 0.533. The molecule has 104 valence electrons. The van der Waals surface area contributed by atoms with Crippen LogP contribution < -0.4 is 4.74 Å². The molecule has 0 saturated carbocycles. The Labute approximate surface area is 123 Å². The van der Waals surface area contributed by atoms with Crippen molar-refractivity contribution in [3.63, 3.8) is 0 Å². The van der Waals surface area contributed by atoms with Crippen molar-refractivity contribution in [2.45, 2.75) is 26.2 Å². The second-order valence-electron chi connectivity index (χ2n) is 5.01. The number of halogens is 1. The molecule has 2 rings (SSSR count). The molecule has 0 amide bonds. The summed E-state index contributed by atoms with van der Waals surface area (Å²) in [4.78, 5) is 13.5. The van der Waals surface area contributed by atoms with Crippen LogP contribution in [0.3, 0.4) is 0 Å². The fourth-order valence-corrected chi connectivity index (χ4v) is 3.10. The molecule has 0 N–H and O–H groups in total. The van der Waals surface area contributed by atoms with Crippen LogP contribution in [-0.4, -0.2) is 37.4 Å². The first-order valence-electron chi connectivity index (χ1n) is 6.81. The molecule has 1 aromatic carbocycles. The van der Waals surface area contributed by atoms with Gasteiger partial charge in [-0.25, -0.2) is 0 Å². The van der Waals surface area contributed by atoms with Crippen molar-refractivity contribution in [2.75, 3.05) is 26.2 Å². The van der Waals surface area contributed by atoms with Gasteiger partial charge in [0.1, 0.15) is 5.75 Å². The van der Waals surface area contributed by atoms with Crippen molar-refractivity contribution in [1.82, 2.24) is 4.90 Å². The number of carbonyl (C=O) groups excluding carboxylic acids is 1. The van der Waals surface area contributed by atoms with Gasteiger partial charge < -0.3 is 9.64 Å². The van der Waals surface area contributed by atoms with Gasteiger partial charge in [0.05, 0.1) is 12.2 Å². The van der Waals surface area contributed by atoms with Gasteiger partial charge in [-0.05, 0) is 57.0 Å². The van der Waals surface area contributed by atoms with Crippen LogP contribution in [0.1, 0.15) is 35.2 Å². The summed E-state index contributed by atoms with van der Waals surface area (Å²) < 4.78 is 6.71. The number of aldehydes is 1. The zero-order valence-corrected chi connectivity index (χ0v) is 12.9. The number of hydrogen-bond acceptors (Lipinski definition) is 3. The lowest BCUT2D eigenvalue weighted by Gasteiger charge is -2.16. The summed E-state index contributed by atoms with van der Waals surface area (Å²) in [5, 5.41) is 0. The summed E-state index contributed by atoms with van der Waals surface area (Å²) >= 11 is 3.39. The molecule has 19 heavy (non-hydrogen) atoms. The standard InChI is InChI=1S/C15H20BrNO2/c1-12-9-14(16)10-13(11-18)15(12)19-8-4-7-17-5-2-3-6-17/h9-11H,2-8H2,1H3. The topological polar surface area (TPSA) is 29.5 Å². The molecular weight excluding hydrogens is 306 g/mol. The summed E-state index contributed by atoms with van der Waals surface area (Å²) in [6.07, 6.45) is 4.51. The summed E-state index contributed by atoms with van der Waals surface area (Å²) in [6, 6.07) is 3.78. The summed E-state index contributed by atoms with van der Waals surface area (Å²) in [5.74, 6) is 0.722. The molecule has 1 aliphatic rings. The molecule has 3 nitrogen and oxygen atoms in total. The third-order valence-corrected chi connectivity index (χ3v) is 3.92. The van der Waals surface area contributed by atoms with E-state index in [1.807, 2.05) is 13.0 Å². The number of aryl methyl sites for hydroxylation is 1. The lowest BCUT2D eigenvalue weighted by Crippen LogP contribution is -2.22. The smallest absolute Gasteiger partial charge is 0.153 e. The van der Waals surface area contributed by atoms with E-state index in [2.05, 4.69) is 20.8 Å². The number of ether oxygens (including phenoxy) is 1. The Hall–Kier alpha value is -0.870. The summed E-state index contributed by atoms with van der Waals surface area (Å²) in [6.45, 7) is 6.16. The van der Waals surface area contributed by atoms with Crippen molar-refractivity contribution in [3.8, 4) is 5.75 Å². The molecule has 0 bridgehead atoms. The van der Waals surface area contributed by atoms with Crippen LogP contribution in [0.4, 0.5) is 0 Å².